The number of allylic oxidation sites excluding steroid dienone is 1. The van der Waals surface area contributed by atoms with Crippen molar-refractivity contribution in [2.75, 3.05) is 11.5 Å². The van der Waals surface area contributed by atoms with Crippen molar-refractivity contribution in [1.82, 2.24) is 0 Å². The van der Waals surface area contributed by atoms with E-state index < -0.39 is 0 Å². The van der Waals surface area contributed by atoms with Crippen LogP contribution in [0.25, 0.3) is 5.57 Å². The summed E-state index contributed by atoms with van der Waals surface area (Å²) in [6.45, 7) is 14.4. The van der Waals surface area contributed by atoms with Crippen molar-refractivity contribution in [3.63, 3.8) is 0 Å². The first kappa shape index (κ1) is 20.3. The van der Waals surface area contributed by atoms with Crippen molar-refractivity contribution in [3.05, 3.63) is 64.1 Å². The number of halogens is 1. The predicted octanol–water partition coefficient (Wildman–Crippen LogP) is 6.58. The Bertz CT molecular complexity index is 703. The van der Waals surface area contributed by atoms with Crippen LogP contribution in [-0.4, -0.2) is 0 Å². The van der Waals surface area contributed by atoms with Gasteiger partial charge in [0.05, 0.1) is 0 Å². The fourth-order valence-electron chi connectivity index (χ4n) is 2.44. The van der Waals surface area contributed by atoms with Gasteiger partial charge >= 0.3 is 0 Å². The van der Waals surface area contributed by atoms with Gasteiger partial charge in [-0.15, -0.1) is 0 Å². The molecule has 0 aliphatic carbocycles. The molecule has 0 heterocycles. The van der Waals surface area contributed by atoms with Gasteiger partial charge in [-0.25, -0.2) is 0 Å². The summed E-state index contributed by atoms with van der Waals surface area (Å²) in [5.41, 5.74) is 18.1. The normalized spacial score (nSPS) is 10.5. The van der Waals surface area contributed by atoms with E-state index in [0.717, 1.165) is 27.0 Å². The molecule has 2 nitrogen and oxygen atoms in total. The van der Waals surface area contributed by atoms with Crippen LogP contribution in [0, 0.1) is 0 Å². The highest BCUT2D eigenvalue weighted by molar-refractivity contribution is 9.10. The van der Waals surface area contributed by atoms with Crippen LogP contribution in [0.3, 0.4) is 0 Å². The molecule has 0 saturated heterocycles. The maximum absolute atomic E-state index is 5.92. The van der Waals surface area contributed by atoms with E-state index in [1.807, 2.05) is 25.1 Å². The van der Waals surface area contributed by atoms with Gasteiger partial charge in [-0.1, -0.05) is 74.0 Å². The molecule has 0 atom stereocenters. The Morgan fingerprint density at radius 3 is 1.71 bits per heavy atom. The zero-order chi connectivity index (χ0) is 18.4. The van der Waals surface area contributed by atoms with Gasteiger partial charge in [0.25, 0.3) is 0 Å². The number of nitrogens with two attached hydrogens (primary N) is 2. The molecule has 130 valence electrons. The van der Waals surface area contributed by atoms with Crippen molar-refractivity contribution in [1.29, 1.82) is 0 Å². The van der Waals surface area contributed by atoms with Gasteiger partial charge in [-0.05, 0) is 53.6 Å². The van der Waals surface area contributed by atoms with E-state index in [1.165, 1.54) is 11.1 Å². The summed E-state index contributed by atoms with van der Waals surface area (Å²) < 4.78 is 1.04. The van der Waals surface area contributed by atoms with Crippen LogP contribution in [-0.2, 0) is 0 Å². The molecule has 2 rings (SSSR count). The Balaban J connectivity index is 0.000000243. The number of hydrogen-bond acceptors (Lipinski definition) is 2. The van der Waals surface area contributed by atoms with Gasteiger partial charge in [0.1, 0.15) is 0 Å². The van der Waals surface area contributed by atoms with Crippen molar-refractivity contribution < 1.29 is 0 Å². The average Bonchev–Trinajstić information content (AvgIpc) is 2.46. The fourth-order valence-corrected chi connectivity index (χ4v) is 2.82. The molecule has 0 fully saturated rings. The molecule has 0 unspecified atom stereocenters. The second kappa shape index (κ2) is 8.93. The largest absolute Gasteiger partial charge is 0.398 e. The Morgan fingerprint density at radius 1 is 0.875 bits per heavy atom. The molecule has 24 heavy (non-hydrogen) atoms. The second-order valence-corrected chi connectivity index (χ2v) is 7.62. The Hall–Kier alpha value is -1.74. The van der Waals surface area contributed by atoms with Crippen LogP contribution in [0.2, 0.25) is 0 Å². The molecule has 4 N–H and O–H groups in total. The van der Waals surface area contributed by atoms with Crippen LogP contribution < -0.4 is 11.5 Å². The molecule has 2 aromatic carbocycles. The van der Waals surface area contributed by atoms with Crippen molar-refractivity contribution >= 4 is 32.9 Å². The molecule has 0 spiro atoms. The first-order valence-electron chi connectivity index (χ1n) is 8.23. The van der Waals surface area contributed by atoms with Crippen LogP contribution >= 0.6 is 15.9 Å². The standard InChI is InChI=1S/C12H17N.C9H12BrN/c1-8(2)10-5-6-11(9(3)4)12(13)7-10;1-6(2)8-4-3-7(10)5-9(8)11/h5-7,9H,1,13H2,2-4H3;3-6H,11H2,1-2H3. The average molecular weight is 389 g/mol. The van der Waals surface area contributed by atoms with E-state index in [9.17, 15) is 0 Å². The first-order chi connectivity index (χ1) is 11.1. The highest BCUT2D eigenvalue weighted by Crippen LogP contribution is 2.25. The second-order valence-electron chi connectivity index (χ2n) is 6.71. The van der Waals surface area contributed by atoms with Crippen LogP contribution in [0.15, 0.2) is 47.4 Å². The lowest BCUT2D eigenvalue weighted by molar-refractivity contribution is 0.869. The third-order valence-electron chi connectivity index (χ3n) is 3.87. The van der Waals surface area contributed by atoms with Crippen LogP contribution in [0.1, 0.15) is 63.1 Å². The third kappa shape index (κ3) is 5.72. The van der Waals surface area contributed by atoms with Crippen LogP contribution in [0.5, 0.6) is 0 Å². The molecule has 0 aliphatic heterocycles. The molecule has 0 radical (unpaired) electrons. The molecular weight excluding hydrogens is 360 g/mol. The number of nitrogen functional groups attached to an aromatic ring is 2. The van der Waals surface area contributed by atoms with E-state index in [1.54, 1.807) is 0 Å². The summed E-state index contributed by atoms with van der Waals surface area (Å²) in [6.07, 6.45) is 0. The Kier molecular flexibility index (Phi) is 7.56. The number of anilines is 2. The summed E-state index contributed by atoms with van der Waals surface area (Å²) in [7, 11) is 0. The van der Waals surface area contributed by atoms with E-state index in [2.05, 4.69) is 68.4 Å². The van der Waals surface area contributed by atoms with Crippen molar-refractivity contribution in [2.24, 2.45) is 0 Å². The Labute approximate surface area is 155 Å². The molecule has 0 bridgehead atoms. The summed E-state index contributed by atoms with van der Waals surface area (Å²) in [4.78, 5) is 0. The molecular formula is C21H29BrN2. The topological polar surface area (TPSA) is 52.0 Å². The van der Waals surface area contributed by atoms with E-state index >= 15 is 0 Å². The number of rotatable bonds is 3. The summed E-state index contributed by atoms with van der Waals surface area (Å²) in [5.74, 6) is 0.988. The van der Waals surface area contributed by atoms with Gasteiger partial charge in [0.2, 0.25) is 0 Å². The number of hydrogen-bond donors (Lipinski definition) is 2. The zero-order valence-corrected chi connectivity index (χ0v) is 16.9. The predicted molar refractivity (Wildman–Crippen MR) is 112 cm³/mol. The Morgan fingerprint density at radius 2 is 1.33 bits per heavy atom. The third-order valence-corrected chi connectivity index (χ3v) is 4.37. The number of benzene rings is 2. The molecule has 0 amide bonds. The van der Waals surface area contributed by atoms with Crippen LogP contribution in [0.4, 0.5) is 11.4 Å². The molecule has 0 saturated carbocycles. The summed E-state index contributed by atoms with van der Waals surface area (Å²) in [5, 5.41) is 0. The maximum Gasteiger partial charge on any atom is 0.0360 e. The maximum atomic E-state index is 5.92. The lowest BCUT2D eigenvalue weighted by Gasteiger charge is -2.10. The summed E-state index contributed by atoms with van der Waals surface area (Å²) in [6, 6.07) is 12.2. The molecule has 3 heteroatoms. The SMILES string of the molecule is C=C(C)c1ccc(C(C)C)c(N)c1.CC(C)c1ccc(Br)cc1N. The fraction of sp³-hybridized carbons (Fsp3) is 0.333. The van der Waals surface area contributed by atoms with E-state index in [0.29, 0.717) is 11.8 Å². The monoisotopic (exact) mass is 388 g/mol. The van der Waals surface area contributed by atoms with Gasteiger partial charge in [-0.3, -0.25) is 0 Å². The minimum atomic E-state index is 0.485. The van der Waals surface area contributed by atoms with Gasteiger partial charge in [0.15, 0.2) is 0 Å². The van der Waals surface area contributed by atoms with Gasteiger partial charge in [0, 0.05) is 15.8 Å². The first-order valence-corrected chi connectivity index (χ1v) is 9.03. The molecule has 2 aromatic rings. The quantitative estimate of drug-likeness (QED) is 0.583. The van der Waals surface area contributed by atoms with Gasteiger partial charge in [-0.2, -0.15) is 0 Å². The van der Waals surface area contributed by atoms with E-state index in [4.69, 9.17) is 11.5 Å². The lowest BCUT2D eigenvalue weighted by Crippen LogP contribution is -1.97. The minimum Gasteiger partial charge on any atom is -0.398 e. The lowest BCUT2D eigenvalue weighted by atomic mass is 9.98. The summed E-state index contributed by atoms with van der Waals surface area (Å²) >= 11 is 3.37. The molecule has 0 aromatic heterocycles. The van der Waals surface area contributed by atoms with Crippen molar-refractivity contribution in [3.8, 4) is 0 Å². The van der Waals surface area contributed by atoms with Crippen molar-refractivity contribution in [2.45, 2.75) is 46.5 Å². The smallest absolute Gasteiger partial charge is 0.0360 e. The van der Waals surface area contributed by atoms with Gasteiger partial charge < -0.3 is 11.5 Å². The zero-order valence-electron chi connectivity index (χ0n) is 15.4. The minimum absolute atomic E-state index is 0.485. The highest BCUT2D eigenvalue weighted by Gasteiger charge is 2.04. The molecule has 0 aliphatic rings. The van der Waals surface area contributed by atoms with E-state index in [-0.39, 0.29) is 0 Å². The highest BCUT2D eigenvalue weighted by atomic mass is 79.9.